The summed E-state index contributed by atoms with van der Waals surface area (Å²) in [5.74, 6) is 0.860. The van der Waals surface area contributed by atoms with Gasteiger partial charge in [-0.3, -0.25) is 4.57 Å². The maximum atomic E-state index is 9.66. The van der Waals surface area contributed by atoms with Gasteiger partial charge in [0.15, 0.2) is 0 Å². The maximum Gasteiger partial charge on any atom is 0.145 e. The molecule has 0 aliphatic carbocycles. The molecule has 1 heterocycles. The summed E-state index contributed by atoms with van der Waals surface area (Å²) in [6.07, 6.45) is 0. The summed E-state index contributed by atoms with van der Waals surface area (Å²) in [5, 5.41) is 9.66. The maximum absolute atomic E-state index is 9.66. The van der Waals surface area contributed by atoms with Gasteiger partial charge in [-0.1, -0.05) is 48.5 Å². The van der Waals surface area contributed by atoms with Crippen LogP contribution < -0.4 is 0 Å². The van der Waals surface area contributed by atoms with E-state index in [-0.39, 0.29) is 6.61 Å². The van der Waals surface area contributed by atoms with E-state index in [0.717, 1.165) is 28.5 Å². The number of aryl methyl sites for hydroxylation is 1. The van der Waals surface area contributed by atoms with Crippen LogP contribution in [0.15, 0.2) is 60.7 Å². The number of rotatable bonds is 3. The Morgan fingerprint density at radius 2 is 1.55 bits per heavy atom. The second-order valence-corrected chi connectivity index (χ2v) is 4.66. The molecule has 3 heteroatoms. The molecule has 1 aromatic heterocycles. The molecule has 0 saturated heterocycles. The summed E-state index contributed by atoms with van der Waals surface area (Å²) >= 11 is 0. The van der Waals surface area contributed by atoms with Gasteiger partial charge in [0.05, 0.1) is 18.0 Å². The number of aliphatic hydroxyl groups excluding tert-OH is 1. The number of para-hydroxylation sites is 1. The smallest absolute Gasteiger partial charge is 0.145 e. The molecule has 2 aromatic carbocycles. The molecule has 3 aromatic rings. The van der Waals surface area contributed by atoms with E-state index in [2.05, 4.69) is 4.98 Å². The SMILES string of the molecule is Cc1nc(-c2ccccc2)n(-c2ccccc2)c1CO. The van der Waals surface area contributed by atoms with Crippen LogP contribution in [0.1, 0.15) is 11.4 Å². The van der Waals surface area contributed by atoms with Gasteiger partial charge in [0, 0.05) is 11.3 Å². The Morgan fingerprint density at radius 1 is 0.950 bits per heavy atom. The highest BCUT2D eigenvalue weighted by molar-refractivity contribution is 5.60. The first kappa shape index (κ1) is 12.6. The summed E-state index contributed by atoms with van der Waals surface area (Å²) in [5.41, 5.74) is 3.74. The van der Waals surface area contributed by atoms with Crippen molar-refractivity contribution in [3.05, 3.63) is 72.1 Å². The minimum absolute atomic E-state index is 0.0272. The van der Waals surface area contributed by atoms with Gasteiger partial charge in [0.25, 0.3) is 0 Å². The fourth-order valence-corrected chi connectivity index (χ4v) is 2.38. The van der Waals surface area contributed by atoms with Crippen LogP contribution in [0.4, 0.5) is 0 Å². The van der Waals surface area contributed by atoms with Crippen molar-refractivity contribution in [2.24, 2.45) is 0 Å². The number of aromatic nitrogens is 2. The van der Waals surface area contributed by atoms with Gasteiger partial charge in [0.2, 0.25) is 0 Å². The average Bonchev–Trinajstić information content (AvgIpc) is 2.85. The zero-order valence-corrected chi connectivity index (χ0v) is 11.3. The van der Waals surface area contributed by atoms with Crippen molar-refractivity contribution in [2.75, 3.05) is 0 Å². The Morgan fingerprint density at radius 3 is 2.15 bits per heavy atom. The van der Waals surface area contributed by atoms with E-state index >= 15 is 0 Å². The number of hydrogen-bond donors (Lipinski definition) is 1. The zero-order chi connectivity index (χ0) is 13.9. The average molecular weight is 264 g/mol. The van der Waals surface area contributed by atoms with E-state index < -0.39 is 0 Å². The van der Waals surface area contributed by atoms with Crippen LogP contribution in [-0.4, -0.2) is 14.7 Å². The molecule has 0 atom stereocenters. The summed E-state index contributed by atoms with van der Waals surface area (Å²) in [6.45, 7) is 1.90. The third-order valence-electron chi connectivity index (χ3n) is 3.37. The Kier molecular flexibility index (Phi) is 3.35. The minimum Gasteiger partial charge on any atom is -0.390 e. The van der Waals surface area contributed by atoms with Crippen molar-refractivity contribution in [1.82, 2.24) is 9.55 Å². The third kappa shape index (κ3) is 2.12. The largest absolute Gasteiger partial charge is 0.390 e. The topological polar surface area (TPSA) is 38.0 Å². The number of hydrogen-bond acceptors (Lipinski definition) is 2. The first-order valence-electron chi connectivity index (χ1n) is 6.61. The van der Waals surface area contributed by atoms with Crippen molar-refractivity contribution < 1.29 is 5.11 Å². The highest BCUT2D eigenvalue weighted by atomic mass is 16.3. The van der Waals surface area contributed by atoms with Crippen molar-refractivity contribution in [1.29, 1.82) is 0 Å². The number of aliphatic hydroxyl groups is 1. The Labute approximate surface area is 118 Å². The quantitative estimate of drug-likeness (QED) is 0.788. The molecule has 0 saturated carbocycles. The molecule has 3 nitrogen and oxygen atoms in total. The molecule has 0 radical (unpaired) electrons. The molecule has 100 valence electrons. The summed E-state index contributed by atoms with van der Waals surface area (Å²) < 4.78 is 2.02. The Bertz CT molecular complexity index is 703. The standard InChI is InChI=1S/C17H16N2O/c1-13-16(12-20)19(15-10-6-3-7-11-15)17(18-13)14-8-4-2-5-9-14/h2-11,20H,12H2,1H3. The first-order valence-corrected chi connectivity index (χ1v) is 6.61. The second-order valence-electron chi connectivity index (χ2n) is 4.66. The molecule has 1 N–H and O–H groups in total. The highest BCUT2D eigenvalue weighted by Crippen LogP contribution is 2.26. The van der Waals surface area contributed by atoms with E-state index in [1.54, 1.807) is 0 Å². The van der Waals surface area contributed by atoms with Crippen molar-refractivity contribution in [3.63, 3.8) is 0 Å². The molecule has 0 fully saturated rings. The van der Waals surface area contributed by atoms with Crippen molar-refractivity contribution in [3.8, 4) is 17.1 Å². The lowest BCUT2D eigenvalue weighted by molar-refractivity contribution is 0.274. The molecule has 0 aliphatic rings. The van der Waals surface area contributed by atoms with Crippen molar-refractivity contribution >= 4 is 0 Å². The Hall–Kier alpha value is -2.39. The number of benzene rings is 2. The molecule has 3 rings (SSSR count). The third-order valence-corrected chi connectivity index (χ3v) is 3.37. The number of imidazole rings is 1. The Balaban J connectivity index is 2.26. The predicted octanol–water partition coefficient (Wildman–Crippen LogP) is 3.34. The molecule has 0 bridgehead atoms. The lowest BCUT2D eigenvalue weighted by Gasteiger charge is -2.11. The predicted molar refractivity (Wildman–Crippen MR) is 79.7 cm³/mol. The van der Waals surface area contributed by atoms with Gasteiger partial charge in [-0.05, 0) is 19.1 Å². The van der Waals surface area contributed by atoms with E-state index in [4.69, 9.17) is 0 Å². The second kappa shape index (κ2) is 5.31. The van der Waals surface area contributed by atoms with Gasteiger partial charge in [-0.25, -0.2) is 4.98 Å². The summed E-state index contributed by atoms with van der Waals surface area (Å²) in [6, 6.07) is 20.0. The van der Waals surface area contributed by atoms with Crippen LogP contribution in [0.5, 0.6) is 0 Å². The van der Waals surface area contributed by atoms with E-state index in [1.165, 1.54) is 0 Å². The van der Waals surface area contributed by atoms with Crippen LogP contribution in [0.3, 0.4) is 0 Å². The van der Waals surface area contributed by atoms with Crippen molar-refractivity contribution in [2.45, 2.75) is 13.5 Å². The fraction of sp³-hybridized carbons (Fsp3) is 0.118. The summed E-state index contributed by atoms with van der Waals surface area (Å²) in [4.78, 5) is 4.63. The van der Waals surface area contributed by atoms with Crippen LogP contribution in [0.2, 0.25) is 0 Å². The van der Waals surface area contributed by atoms with Crippen LogP contribution in [-0.2, 0) is 6.61 Å². The summed E-state index contributed by atoms with van der Waals surface area (Å²) in [7, 11) is 0. The minimum atomic E-state index is -0.0272. The van der Waals surface area contributed by atoms with Crippen LogP contribution in [0.25, 0.3) is 17.1 Å². The molecule has 20 heavy (non-hydrogen) atoms. The monoisotopic (exact) mass is 264 g/mol. The fourth-order valence-electron chi connectivity index (χ4n) is 2.38. The van der Waals surface area contributed by atoms with E-state index in [1.807, 2.05) is 72.2 Å². The molecular formula is C17H16N2O. The normalized spacial score (nSPS) is 10.7. The van der Waals surface area contributed by atoms with Crippen LogP contribution in [0, 0.1) is 6.92 Å². The van der Waals surface area contributed by atoms with Gasteiger partial charge in [-0.2, -0.15) is 0 Å². The van der Waals surface area contributed by atoms with Gasteiger partial charge in [0.1, 0.15) is 5.82 Å². The van der Waals surface area contributed by atoms with Gasteiger partial charge < -0.3 is 5.11 Å². The first-order chi connectivity index (χ1) is 9.81. The molecule has 0 unspecified atom stereocenters. The molecular weight excluding hydrogens is 248 g/mol. The zero-order valence-electron chi connectivity index (χ0n) is 11.3. The number of nitrogens with zero attached hydrogens (tertiary/aromatic N) is 2. The molecule has 0 aliphatic heterocycles. The molecule has 0 spiro atoms. The van der Waals surface area contributed by atoms with Gasteiger partial charge in [-0.15, -0.1) is 0 Å². The van der Waals surface area contributed by atoms with E-state index in [9.17, 15) is 5.11 Å². The lowest BCUT2D eigenvalue weighted by atomic mass is 10.2. The van der Waals surface area contributed by atoms with E-state index in [0.29, 0.717) is 0 Å². The highest BCUT2D eigenvalue weighted by Gasteiger charge is 2.16. The molecule has 0 amide bonds. The van der Waals surface area contributed by atoms with Crippen LogP contribution >= 0.6 is 0 Å². The lowest BCUT2D eigenvalue weighted by Crippen LogP contribution is -2.02. The van der Waals surface area contributed by atoms with Gasteiger partial charge >= 0.3 is 0 Å².